The molecule has 0 radical (unpaired) electrons. The summed E-state index contributed by atoms with van der Waals surface area (Å²) < 4.78 is 6.01. The minimum absolute atomic E-state index is 0.0299. The summed E-state index contributed by atoms with van der Waals surface area (Å²) in [6.07, 6.45) is 4.38. The van der Waals surface area contributed by atoms with Gasteiger partial charge in [-0.15, -0.1) is 0 Å². The van der Waals surface area contributed by atoms with Crippen molar-refractivity contribution in [1.82, 2.24) is 0 Å². The second kappa shape index (κ2) is 9.82. The van der Waals surface area contributed by atoms with Gasteiger partial charge in [-0.05, 0) is 36.3 Å². The number of phenolic OH excluding ortho intramolecular Hbond substituents is 2. The third-order valence-corrected chi connectivity index (χ3v) is 4.99. The molecule has 3 N–H and O–H groups in total. The number of benzene rings is 3. The summed E-state index contributed by atoms with van der Waals surface area (Å²) in [6, 6.07) is 16.6. The largest absolute Gasteiger partial charge is 0.504 e. The van der Waals surface area contributed by atoms with Crippen LogP contribution in [0, 0.1) is 0 Å². The second-order valence-corrected chi connectivity index (χ2v) is 7.14. The van der Waals surface area contributed by atoms with E-state index in [-0.39, 0.29) is 17.9 Å². The zero-order valence-electron chi connectivity index (χ0n) is 16.3. The Bertz CT molecular complexity index is 980. The Labute approximate surface area is 170 Å². The van der Waals surface area contributed by atoms with E-state index in [0.717, 1.165) is 42.0 Å². The van der Waals surface area contributed by atoms with Crippen LogP contribution in [-0.4, -0.2) is 27.9 Å². The van der Waals surface area contributed by atoms with Crippen LogP contribution in [0.15, 0.2) is 54.6 Å². The van der Waals surface area contributed by atoms with Crippen LogP contribution in [0.3, 0.4) is 0 Å². The number of fused-ring (bicyclic) bond motifs is 1. The lowest BCUT2D eigenvalue weighted by atomic mass is 10.0. The van der Waals surface area contributed by atoms with Crippen molar-refractivity contribution in [1.29, 1.82) is 0 Å². The number of aliphatic carboxylic acids is 1. The van der Waals surface area contributed by atoms with E-state index >= 15 is 0 Å². The average molecular weight is 394 g/mol. The molecule has 3 rings (SSSR count). The van der Waals surface area contributed by atoms with E-state index in [2.05, 4.69) is 0 Å². The van der Waals surface area contributed by atoms with Gasteiger partial charge >= 0.3 is 5.97 Å². The molecule has 0 aromatic heterocycles. The normalized spacial score (nSPS) is 10.9. The van der Waals surface area contributed by atoms with Crippen molar-refractivity contribution in [3.05, 3.63) is 65.7 Å². The van der Waals surface area contributed by atoms with Crippen LogP contribution in [0.2, 0.25) is 0 Å². The molecule has 0 amide bonds. The number of aromatic hydroxyl groups is 2. The molecule has 5 heteroatoms. The third kappa shape index (κ3) is 5.41. The van der Waals surface area contributed by atoms with Gasteiger partial charge in [0.15, 0.2) is 11.5 Å². The summed E-state index contributed by atoms with van der Waals surface area (Å²) in [5, 5.41) is 30.5. The first-order valence-corrected chi connectivity index (χ1v) is 9.91. The van der Waals surface area contributed by atoms with Gasteiger partial charge in [0.25, 0.3) is 0 Å². The van der Waals surface area contributed by atoms with Crippen molar-refractivity contribution in [3.8, 4) is 17.2 Å². The molecule has 152 valence electrons. The molecule has 0 unspecified atom stereocenters. The SMILES string of the molecule is O=C(O)Cc1ccc2ccccc2c1OCCCCCCc1cccc(O)c1O. The lowest BCUT2D eigenvalue weighted by Crippen LogP contribution is -2.05. The van der Waals surface area contributed by atoms with Crippen LogP contribution in [-0.2, 0) is 17.6 Å². The minimum atomic E-state index is -0.875. The molecule has 3 aromatic carbocycles. The van der Waals surface area contributed by atoms with E-state index in [9.17, 15) is 20.1 Å². The number of carbonyl (C=O) groups is 1. The lowest BCUT2D eigenvalue weighted by Gasteiger charge is -2.14. The number of unbranched alkanes of at least 4 members (excludes halogenated alkanes) is 3. The molecule has 0 saturated carbocycles. The van der Waals surface area contributed by atoms with Gasteiger partial charge < -0.3 is 20.1 Å². The maximum atomic E-state index is 11.2. The number of aryl methyl sites for hydroxylation is 1. The summed E-state index contributed by atoms with van der Waals surface area (Å²) in [5.41, 5.74) is 1.45. The number of hydrogen-bond acceptors (Lipinski definition) is 4. The highest BCUT2D eigenvalue weighted by Crippen LogP contribution is 2.31. The van der Waals surface area contributed by atoms with Gasteiger partial charge in [-0.1, -0.05) is 61.4 Å². The smallest absolute Gasteiger partial charge is 0.307 e. The summed E-state index contributed by atoms with van der Waals surface area (Å²) in [4.78, 5) is 11.2. The Hall–Kier alpha value is -3.21. The van der Waals surface area contributed by atoms with Gasteiger partial charge in [0.05, 0.1) is 13.0 Å². The predicted molar refractivity (Wildman–Crippen MR) is 113 cm³/mol. The fourth-order valence-corrected chi connectivity index (χ4v) is 3.49. The maximum Gasteiger partial charge on any atom is 0.307 e. The van der Waals surface area contributed by atoms with Crippen molar-refractivity contribution in [3.63, 3.8) is 0 Å². The van der Waals surface area contributed by atoms with Gasteiger partial charge in [-0.2, -0.15) is 0 Å². The highest BCUT2D eigenvalue weighted by atomic mass is 16.5. The Morgan fingerprint density at radius 1 is 0.828 bits per heavy atom. The second-order valence-electron chi connectivity index (χ2n) is 7.14. The van der Waals surface area contributed by atoms with E-state index in [0.29, 0.717) is 24.3 Å². The first kappa shape index (κ1) is 20.5. The molecule has 0 aliphatic heterocycles. The molecule has 3 aromatic rings. The molecule has 0 aliphatic rings. The lowest BCUT2D eigenvalue weighted by molar-refractivity contribution is -0.136. The van der Waals surface area contributed by atoms with Gasteiger partial charge in [-0.3, -0.25) is 4.79 Å². The average Bonchev–Trinajstić information content (AvgIpc) is 2.71. The first-order chi connectivity index (χ1) is 14.1. The molecule has 29 heavy (non-hydrogen) atoms. The van der Waals surface area contributed by atoms with Gasteiger partial charge in [0.2, 0.25) is 0 Å². The fraction of sp³-hybridized carbons (Fsp3) is 0.292. The van der Waals surface area contributed by atoms with Crippen LogP contribution in [0.25, 0.3) is 10.8 Å². The number of carboxylic acid groups (broad SMARTS) is 1. The number of ether oxygens (including phenoxy) is 1. The van der Waals surface area contributed by atoms with Crippen LogP contribution < -0.4 is 4.74 Å². The third-order valence-electron chi connectivity index (χ3n) is 4.99. The van der Waals surface area contributed by atoms with E-state index in [1.165, 1.54) is 6.07 Å². The van der Waals surface area contributed by atoms with Crippen molar-refractivity contribution in [2.45, 2.75) is 38.5 Å². The topological polar surface area (TPSA) is 87.0 Å². The summed E-state index contributed by atoms with van der Waals surface area (Å²) in [7, 11) is 0. The molecule has 0 saturated heterocycles. The molecule has 0 atom stereocenters. The maximum absolute atomic E-state index is 11.2. The predicted octanol–water partition coefficient (Wildman–Crippen LogP) is 5.06. The fourth-order valence-electron chi connectivity index (χ4n) is 3.49. The van der Waals surface area contributed by atoms with Crippen LogP contribution in [0.4, 0.5) is 0 Å². The number of phenols is 2. The standard InChI is InChI=1S/C24H26O5/c25-21-12-7-10-18(23(21)28)9-3-1-2-6-15-29-24-19(16-22(26)27)14-13-17-8-4-5-11-20(17)24/h4-5,7-8,10-14,25,28H,1-3,6,9,15-16H2,(H,26,27). The van der Waals surface area contributed by atoms with E-state index in [4.69, 9.17) is 4.74 Å². The number of hydrogen-bond donors (Lipinski definition) is 3. The molecular weight excluding hydrogens is 368 g/mol. The van der Waals surface area contributed by atoms with Gasteiger partial charge in [-0.25, -0.2) is 0 Å². The molecule has 0 fully saturated rings. The van der Waals surface area contributed by atoms with Gasteiger partial charge in [0.1, 0.15) is 5.75 Å². The van der Waals surface area contributed by atoms with Crippen LogP contribution >= 0.6 is 0 Å². The molecule has 0 aliphatic carbocycles. The van der Waals surface area contributed by atoms with Crippen LogP contribution in [0.5, 0.6) is 17.2 Å². The molecular formula is C24H26O5. The molecule has 5 nitrogen and oxygen atoms in total. The quantitative estimate of drug-likeness (QED) is 0.330. The summed E-state index contributed by atoms with van der Waals surface area (Å²) in [5.74, 6) is -0.323. The highest BCUT2D eigenvalue weighted by molar-refractivity contribution is 5.90. The van der Waals surface area contributed by atoms with E-state index < -0.39 is 5.97 Å². The Kier molecular flexibility index (Phi) is 6.95. The Morgan fingerprint density at radius 2 is 1.62 bits per heavy atom. The zero-order valence-corrected chi connectivity index (χ0v) is 16.3. The molecule has 0 spiro atoms. The zero-order chi connectivity index (χ0) is 20.6. The van der Waals surface area contributed by atoms with Crippen LogP contribution in [0.1, 0.15) is 36.8 Å². The number of carboxylic acids is 1. The van der Waals surface area contributed by atoms with Crippen molar-refractivity contribution in [2.75, 3.05) is 6.61 Å². The summed E-state index contributed by atoms with van der Waals surface area (Å²) >= 11 is 0. The monoisotopic (exact) mass is 394 g/mol. The highest BCUT2D eigenvalue weighted by Gasteiger charge is 2.12. The summed E-state index contributed by atoms with van der Waals surface area (Å²) in [6.45, 7) is 0.526. The molecule has 0 bridgehead atoms. The molecule has 0 heterocycles. The first-order valence-electron chi connectivity index (χ1n) is 9.91. The van der Waals surface area contributed by atoms with Crippen molar-refractivity contribution >= 4 is 16.7 Å². The number of rotatable bonds is 10. The van der Waals surface area contributed by atoms with Gasteiger partial charge in [0, 0.05) is 10.9 Å². The Morgan fingerprint density at radius 3 is 2.45 bits per heavy atom. The van der Waals surface area contributed by atoms with Crippen molar-refractivity contribution in [2.24, 2.45) is 0 Å². The number of para-hydroxylation sites is 1. The van der Waals surface area contributed by atoms with E-state index in [1.54, 1.807) is 6.07 Å². The Balaban J connectivity index is 1.50. The minimum Gasteiger partial charge on any atom is -0.504 e. The van der Waals surface area contributed by atoms with Crippen molar-refractivity contribution < 1.29 is 24.9 Å². The van der Waals surface area contributed by atoms with E-state index in [1.807, 2.05) is 42.5 Å².